The van der Waals surface area contributed by atoms with Crippen molar-refractivity contribution in [2.24, 2.45) is 5.92 Å². The summed E-state index contributed by atoms with van der Waals surface area (Å²) in [5, 5.41) is 0. The van der Waals surface area contributed by atoms with Crippen molar-refractivity contribution in [1.82, 2.24) is 0 Å². The highest BCUT2D eigenvalue weighted by Gasteiger charge is 2.32. The van der Waals surface area contributed by atoms with Gasteiger partial charge < -0.3 is 14.2 Å². The van der Waals surface area contributed by atoms with Gasteiger partial charge >= 0.3 is 5.97 Å². The lowest BCUT2D eigenvalue weighted by Crippen LogP contribution is -2.20. The molecule has 0 N–H and O–H groups in total. The number of esters is 1. The van der Waals surface area contributed by atoms with Crippen molar-refractivity contribution in [2.45, 2.75) is 39.6 Å². The topological polar surface area (TPSA) is 44.8 Å². The first-order valence-corrected chi connectivity index (χ1v) is 7.11. The van der Waals surface area contributed by atoms with E-state index in [-0.39, 0.29) is 25.0 Å². The third kappa shape index (κ3) is 4.62. The maximum atomic E-state index is 11.7. The SMILES string of the molecule is CC.COC1OC(COC(=O)c2ccccc2)CC1C. The lowest BCUT2D eigenvalue weighted by atomic mass is 10.1. The van der Waals surface area contributed by atoms with Crippen LogP contribution < -0.4 is 0 Å². The maximum absolute atomic E-state index is 11.7. The summed E-state index contributed by atoms with van der Waals surface area (Å²) in [6.45, 7) is 6.34. The Kier molecular flexibility index (Phi) is 7.26. The Morgan fingerprint density at radius 1 is 1.30 bits per heavy atom. The van der Waals surface area contributed by atoms with Crippen LogP contribution in [0.5, 0.6) is 0 Å². The van der Waals surface area contributed by atoms with E-state index < -0.39 is 0 Å². The molecule has 1 saturated heterocycles. The Labute approximate surface area is 121 Å². The monoisotopic (exact) mass is 280 g/mol. The number of methoxy groups -OCH3 is 1. The van der Waals surface area contributed by atoms with Crippen molar-refractivity contribution in [2.75, 3.05) is 13.7 Å². The molecule has 0 spiro atoms. The van der Waals surface area contributed by atoms with E-state index in [1.165, 1.54) is 0 Å². The summed E-state index contributed by atoms with van der Waals surface area (Å²) in [5.41, 5.74) is 0.562. The van der Waals surface area contributed by atoms with Crippen LogP contribution in [0.25, 0.3) is 0 Å². The van der Waals surface area contributed by atoms with Crippen molar-refractivity contribution in [3.63, 3.8) is 0 Å². The summed E-state index contributed by atoms with van der Waals surface area (Å²) in [4.78, 5) is 11.7. The summed E-state index contributed by atoms with van der Waals surface area (Å²) >= 11 is 0. The predicted octanol–water partition coefficient (Wildman–Crippen LogP) is 3.27. The molecule has 0 saturated carbocycles. The fraction of sp³-hybridized carbons (Fsp3) is 0.562. The number of hydrogen-bond acceptors (Lipinski definition) is 4. The van der Waals surface area contributed by atoms with Gasteiger partial charge in [0.05, 0.1) is 11.7 Å². The Hall–Kier alpha value is -1.39. The molecule has 1 aliphatic heterocycles. The van der Waals surface area contributed by atoms with Crippen LogP contribution >= 0.6 is 0 Å². The third-order valence-corrected chi connectivity index (χ3v) is 3.07. The summed E-state index contributed by atoms with van der Waals surface area (Å²) in [7, 11) is 1.62. The molecular formula is C16H24O4. The lowest BCUT2D eigenvalue weighted by molar-refractivity contribution is -0.136. The molecule has 0 amide bonds. The Morgan fingerprint density at radius 2 is 1.95 bits per heavy atom. The van der Waals surface area contributed by atoms with Crippen molar-refractivity contribution >= 4 is 5.97 Å². The van der Waals surface area contributed by atoms with E-state index in [9.17, 15) is 4.79 Å². The van der Waals surface area contributed by atoms with E-state index in [0.29, 0.717) is 11.5 Å². The minimum Gasteiger partial charge on any atom is -0.459 e. The third-order valence-electron chi connectivity index (χ3n) is 3.07. The van der Waals surface area contributed by atoms with E-state index in [0.717, 1.165) is 6.42 Å². The molecule has 112 valence electrons. The van der Waals surface area contributed by atoms with E-state index in [1.807, 2.05) is 32.0 Å². The van der Waals surface area contributed by atoms with Gasteiger partial charge in [-0.05, 0) is 18.6 Å². The van der Waals surface area contributed by atoms with Gasteiger partial charge in [-0.25, -0.2) is 4.79 Å². The molecule has 0 aromatic heterocycles. The number of ether oxygens (including phenoxy) is 3. The van der Waals surface area contributed by atoms with Gasteiger partial charge in [0.1, 0.15) is 6.61 Å². The molecule has 0 radical (unpaired) electrons. The number of benzene rings is 1. The second-order valence-electron chi connectivity index (χ2n) is 4.54. The first-order chi connectivity index (χ1) is 9.70. The van der Waals surface area contributed by atoms with Crippen LogP contribution in [-0.2, 0) is 14.2 Å². The maximum Gasteiger partial charge on any atom is 0.338 e. The van der Waals surface area contributed by atoms with Crippen molar-refractivity contribution in [3.05, 3.63) is 35.9 Å². The Balaban J connectivity index is 0.000000956. The molecule has 0 bridgehead atoms. The average Bonchev–Trinajstić information content (AvgIpc) is 2.88. The molecule has 4 nitrogen and oxygen atoms in total. The molecule has 1 aliphatic rings. The first-order valence-electron chi connectivity index (χ1n) is 7.11. The second-order valence-corrected chi connectivity index (χ2v) is 4.54. The van der Waals surface area contributed by atoms with Crippen LogP contribution in [0.3, 0.4) is 0 Å². The largest absolute Gasteiger partial charge is 0.459 e. The van der Waals surface area contributed by atoms with Gasteiger partial charge in [-0.1, -0.05) is 39.0 Å². The number of carbonyl (C=O) groups is 1. The van der Waals surface area contributed by atoms with Gasteiger partial charge in [0.25, 0.3) is 0 Å². The quantitative estimate of drug-likeness (QED) is 0.794. The van der Waals surface area contributed by atoms with E-state index >= 15 is 0 Å². The van der Waals surface area contributed by atoms with Gasteiger partial charge in [-0.2, -0.15) is 0 Å². The van der Waals surface area contributed by atoms with Gasteiger partial charge in [-0.3, -0.25) is 0 Å². The van der Waals surface area contributed by atoms with E-state index in [1.54, 1.807) is 19.2 Å². The summed E-state index contributed by atoms with van der Waals surface area (Å²) in [6.07, 6.45) is 0.587. The fourth-order valence-corrected chi connectivity index (χ4v) is 2.13. The predicted molar refractivity (Wildman–Crippen MR) is 77.5 cm³/mol. The minimum atomic E-state index is -0.312. The lowest BCUT2D eigenvalue weighted by Gasteiger charge is -2.13. The Bertz CT molecular complexity index is 391. The van der Waals surface area contributed by atoms with Gasteiger partial charge in [0, 0.05) is 13.0 Å². The highest BCUT2D eigenvalue weighted by atomic mass is 16.7. The normalized spacial score (nSPS) is 24.7. The fourth-order valence-electron chi connectivity index (χ4n) is 2.13. The summed E-state index contributed by atoms with van der Waals surface area (Å²) < 4.78 is 16.0. The van der Waals surface area contributed by atoms with Crippen LogP contribution in [0.4, 0.5) is 0 Å². The molecule has 3 atom stereocenters. The van der Waals surface area contributed by atoms with Crippen molar-refractivity contribution in [1.29, 1.82) is 0 Å². The minimum absolute atomic E-state index is 0.0717. The number of carbonyl (C=O) groups excluding carboxylic acids is 1. The molecular weight excluding hydrogens is 256 g/mol. The summed E-state index contributed by atoms with van der Waals surface area (Å²) in [5.74, 6) is 0.0168. The molecule has 0 aliphatic carbocycles. The van der Waals surface area contributed by atoms with E-state index in [2.05, 4.69) is 6.92 Å². The van der Waals surface area contributed by atoms with Crippen molar-refractivity contribution in [3.8, 4) is 0 Å². The first kappa shape index (κ1) is 16.7. The molecule has 4 heteroatoms. The van der Waals surface area contributed by atoms with Crippen LogP contribution in [0, 0.1) is 5.92 Å². The average molecular weight is 280 g/mol. The highest BCUT2D eigenvalue weighted by molar-refractivity contribution is 5.89. The molecule has 1 aromatic carbocycles. The second kappa shape index (κ2) is 8.72. The van der Waals surface area contributed by atoms with Gasteiger partial charge in [0.2, 0.25) is 0 Å². The van der Waals surface area contributed by atoms with Gasteiger partial charge in [-0.15, -0.1) is 0 Å². The Morgan fingerprint density at radius 3 is 2.50 bits per heavy atom. The van der Waals surface area contributed by atoms with Crippen LogP contribution in [0.2, 0.25) is 0 Å². The molecule has 3 unspecified atom stereocenters. The summed E-state index contributed by atoms with van der Waals surface area (Å²) in [6, 6.07) is 8.95. The van der Waals surface area contributed by atoms with Crippen LogP contribution in [-0.4, -0.2) is 32.1 Å². The zero-order valence-corrected chi connectivity index (χ0v) is 12.7. The highest BCUT2D eigenvalue weighted by Crippen LogP contribution is 2.26. The molecule has 20 heavy (non-hydrogen) atoms. The molecule has 1 fully saturated rings. The molecule has 2 rings (SSSR count). The smallest absolute Gasteiger partial charge is 0.338 e. The number of rotatable bonds is 4. The molecule has 1 aromatic rings. The van der Waals surface area contributed by atoms with E-state index in [4.69, 9.17) is 14.2 Å². The standard InChI is InChI=1S/C14H18O4.C2H6/c1-10-8-12(18-14(10)16-2)9-17-13(15)11-6-4-3-5-7-11;1-2/h3-7,10,12,14H,8-9H2,1-2H3;1-2H3. The van der Waals surface area contributed by atoms with Crippen LogP contribution in [0.1, 0.15) is 37.6 Å². The van der Waals surface area contributed by atoms with Crippen LogP contribution in [0.15, 0.2) is 30.3 Å². The molecule has 1 heterocycles. The zero-order chi connectivity index (χ0) is 15.0. The van der Waals surface area contributed by atoms with Gasteiger partial charge in [0.15, 0.2) is 6.29 Å². The number of hydrogen-bond donors (Lipinski definition) is 0. The van der Waals surface area contributed by atoms with Crippen molar-refractivity contribution < 1.29 is 19.0 Å². The zero-order valence-electron chi connectivity index (χ0n) is 12.7.